The highest BCUT2D eigenvalue weighted by molar-refractivity contribution is 6.74. The predicted molar refractivity (Wildman–Crippen MR) is 190 cm³/mol. The summed E-state index contributed by atoms with van der Waals surface area (Å²) in [5, 5.41) is 0. The second-order valence-corrected chi connectivity index (χ2v) is 21.2. The first-order valence-electron chi connectivity index (χ1n) is 16.7. The highest BCUT2D eigenvalue weighted by Crippen LogP contribution is 2.43. The summed E-state index contributed by atoms with van der Waals surface area (Å²) >= 11 is 0. The van der Waals surface area contributed by atoms with Gasteiger partial charge in [0.05, 0.1) is 19.8 Å². The number of methoxy groups -OCH3 is 1. The summed E-state index contributed by atoms with van der Waals surface area (Å²) in [6, 6.07) is 38.1. The van der Waals surface area contributed by atoms with Crippen molar-refractivity contribution in [1.82, 2.24) is 0 Å². The van der Waals surface area contributed by atoms with Crippen molar-refractivity contribution in [2.24, 2.45) is 0 Å². The van der Waals surface area contributed by atoms with Crippen molar-refractivity contribution in [2.45, 2.75) is 103 Å². The van der Waals surface area contributed by atoms with Gasteiger partial charge in [0.15, 0.2) is 16.6 Å². The zero-order valence-corrected chi connectivity index (χ0v) is 30.5. The molecule has 0 aliphatic rings. The molecule has 0 heterocycles. The predicted octanol–water partition coefficient (Wildman–Crippen LogP) is 10.3. The summed E-state index contributed by atoms with van der Waals surface area (Å²) < 4.78 is 27.6. The van der Waals surface area contributed by atoms with E-state index in [4.69, 9.17) is 18.3 Å². The average Bonchev–Trinajstić information content (AvgIpc) is 3.10. The van der Waals surface area contributed by atoms with Crippen molar-refractivity contribution in [3.05, 3.63) is 120 Å². The Hall–Kier alpha value is -2.49. The first-order valence-corrected chi connectivity index (χ1v) is 21.8. The Morgan fingerprint density at radius 2 is 1.02 bits per heavy atom. The molecule has 0 N–H and O–H groups in total. The normalized spacial score (nSPS) is 14.3. The molecule has 3 aromatic rings. The average molecular weight is 633 g/mol. The minimum atomic E-state index is -2.06. The largest absolute Gasteiger partial charge is 0.499 e. The molecule has 0 spiro atoms. The topological polar surface area (TPSA) is 36.9 Å². The van der Waals surface area contributed by atoms with Crippen LogP contribution in [0, 0.1) is 0 Å². The quantitative estimate of drug-likeness (QED) is 0.0749. The van der Waals surface area contributed by atoms with Gasteiger partial charge in [-0.15, -0.1) is 0 Å². The van der Waals surface area contributed by atoms with Crippen LogP contribution in [0.15, 0.2) is 103 Å². The molecule has 0 unspecified atom stereocenters. The minimum absolute atomic E-state index is 0.344. The summed E-state index contributed by atoms with van der Waals surface area (Å²) in [5.74, 6) is 0.791. The Kier molecular flexibility index (Phi) is 14.1. The van der Waals surface area contributed by atoms with Crippen molar-refractivity contribution < 1.29 is 18.3 Å². The first kappa shape index (κ1) is 36.0. The van der Waals surface area contributed by atoms with Gasteiger partial charge in [0, 0.05) is 0 Å². The van der Waals surface area contributed by atoms with Crippen molar-refractivity contribution in [2.75, 3.05) is 13.7 Å². The molecule has 0 aliphatic heterocycles. The molecular weight excluding hydrogens is 577 g/mol. The second-order valence-electron chi connectivity index (χ2n) is 11.7. The smallest absolute Gasteiger partial charge is 0.193 e. The molecule has 6 heteroatoms. The molecule has 0 aromatic heterocycles. The lowest BCUT2D eigenvalue weighted by Crippen LogP contribution is -2.48. The Bertz CT molecular complexity index is 1130. The van der Waals surface area contributed by atoms with Gasteiger partial charge < -0.3 is 18.3 Å². The van der Waals surface area contributed by atoms with E-state index in [1.165, 1.54) is 0 Å². The molecule has 3 aromatic carbocycles. The molecule has 0 radical (unpaired) electrons. The van der Waals surface area contributed by atoms with Crippen LogP contribution in [-0.4, -0.2) is 42.6 Å². The van der Waals surface area contributed by atoms with Gasteiger partial charge in [0.1, 0.15) is 17.5 Å². The molecule has 4 nitrogen and oxygen atoms in total. The Labute approximate surface area is 270 Å². The number of benzene rings is 3. The third kappa shape index (κ3) is 8.21. The fraction of sp³-hybridized carbons (Fsp3) is 0.474. The number of hydrogen-bond donors (Lipinski definition) is 0. The zero-order valence-electron chi connectivity index (χ0n) is 28.5. The van der Waals surface area contributed by atoms with Crippen LogP contribution in [0.1, 0.15) is 65.2 Å². The van der Waals surface area contributed by atoms with E-state index in [0.717, 1.165) is 58.7 Å². The lowest BCUT2D eigenvalue weighted by Gasteiger charge is -2.42. The van der Waals surface area contributed by atoms with E-state index < -0.39 is 22.2 Å². The molecule has 44 heavy (non-hydrogen) atoms. The lowest BCUT2D eigenvalue weighted by atomic mass is 9.79. The van der Waals surface area contributed by atoms with Crippen LogP contribution in [-0.2, 0) is 23.9 Å². The van der Waals surface area contributed by atoms with E-state index in [2.05, 4.69) is 146 Å². The van der Waals surface area contributed by atoms with Crippen LogP contribution >= 0.6 is 0 Å². The van der Waals surface area contributed by atoms with Crippen molar-refractivity contribution in [1.29, 1.82) is 0 Å². The zero-order chi connectivity index (χ0) is 32.1. The van der Waals surface area contributed by atoms with E-state index in [0.29, 0.717) is 6.61 Å². The number of rotatable bonds is 19. The van der Waals surface area contributed by atoms with E-state index >= 15 is 0 Å². The van der Waals surface area contributed by atoms with Gasteiger partial charge in [-0.2, -0.15) is 0 Å². The highest BCUT2D eigenvalue weighted by atomic mass is 28.4. The Morgan fingerprint density at radius 3 is 1.36 bits per heavy atom. The van der Waals surface area contributed by atoms with Gasteiger partial charge in [-0.25, -0.2) is 0 Å². The maximum Gasteiger partial charge on any atom is 0.193 e. The minimum Gasteiger partial charge on any atom is -0.499 e. The van der Waals surface area contributed by atoms with Crippen LogP contribution in [0.3, 0.4) is 0 Å². The third-order valence-corrected chi connectivity index (χ3v) is 19.0. The van der Waals surface area contributed by atoms with Crippen LogP contribution in [0.25, 0.3) is 0 Å². The van der Waals surface area contributed by atoms with Gasteiger partial charge >= 0.3 is 0 Å². The first-order chi connectivity index (χ1) is 21.3. The molecule has 0 saturated heterocycles. The van der Waals surface area contributed by atoms with Crippen LogP contribution in [0.2, 0.25) is 36.3 Å². The summed E-state index contributed by atoms with van der Waals surface area (Å²) in [4.78, 5) is 0. The molecule has 2 atom stereocenters. The molecule has 0 saturated carbocycles. The van der Waals surface area contributed by atoms with Crippen molar-refractivity contribution in [3.8, 4) is 0 Å². The number of hydrogen-bond acceptors (Lipinski definition) is 4. The second kappa shape index (κ2) is 17.3. The number of ether oxygens (including phenoxy) is 2. The molecular formula is C38H56O4Si2. The fourth-order valence-electron chi connectivity index (χ4n) is 6.39. The summed E-state index contributed by atoms with van der Waals surface area (Å²) in [6.45, 7) is 16.3. The monoisotopic (exact) mass is 632 g/mol. The van der Waals surface area contributed by atoms with Crippen LogP contribution < -0.4 is 0 Å². The maximum atomic E-state index is 7.48. The summed E-state index contributed by atoms with van der Waals surface area (Å²) in [5.41, 5.74) is 2.36. The van der Waals surface area contributed by atoms with Gasteiger partial charge in [-0.3, -0.25) is 0 Å². The molecule has 0 amide bonds. The molecule has 240 valence electrons. The Balaban J connectivity index is 2.17. The SMILES string of the molecule is CC[Si](CC)(CC)OC/C=C(/OC)[C@H](O[Si](CC)(CC)CC)[C@H](C)OC(c1ccccc1)(c1ccccc1)c1ccccc1. The van der Waals surface area contributed by atoms with Gasteiger partial charge in [-0.05, 0) is 66.0 Å². The van der Waals surface area contributed by atoms with E-state index in [1.807, 2.05) is 0 Å². The van der Waals surface area contributed by atoms with E-state index in [9.17, 15) is 0 Å². The van der Waals surface area contributed by atoms with Gasteiger partial charge in [0.2, 0.25) is 0 Å². The molecule has 3 rings (SSSR count). The molecule has 0 bridgehead atoms. The molecule has 0 aliphatic carbocycles. The Morgan fingerprint density at radius 1 is 0.636 bits per heavy atom. The van der Waals surface area contributed by atoms with Gasteiger partial charge in [-0.1, -0.05) is 133 Å². The van der Waals surface area contributed by atoms with Crippen molar-refractivity contribution >= 4 is 16.6 Å². The maximum absolute atomic E-state index is 7.48. The van der Waals surface area contributed by atoms with Crippen LogP contribution in [0.5, 0.6) is 0 Å². The standard InChI is InChI=1S/C38H56O4Si2/c1-9-43(10-2,11-3)40-31-30-36(39-8)37(42-44(12-4,13-5)14-6)32(7)41-38(33-24-18-15-19-25-33,34-26-20-16-21-27-34)35-28-22-17-23-29-35/h15-30,32,37H,9-14,31H2,1-8H3/b36-30+/t32-,37+/m0/s1. The highest BCUT2D eigenvalue weighted by Gasteiger charge is 2.43. The summed E-state index contributed by atoms with van der Waals surface area (Å²) in [7, 11) is -2.07. The van der Waals surface area contributed by atoms with E-state index in [-0.39, 0.29) is 12.2 Å². The van der Waals surface area contributed by atoms with Crippen molar-refractivity contribution in [3.63, 3.8) is 0 Å². The van der Waals surface area contributed by atoms with E-state index in [1.54, 1.807) is 7.11 Å². The summed E-state index contributed by atoms with van der Waals surface area (Å²) in [6.07, 6.45) is 1.39. The molecule has 0 fully saturated rings. The third-order valence-electron chi connectivity index (χ3n) is 9.76. The van der Waals surface area contributed by atoms with Crippen LogP contribution in [0.4, 0.5) is 0 Å². The fourth-order valence-corrected chi connectivity index (χ4v) is 11.8. The van der Waals surface area contributed by atoms with Gasteiger partial charge in [0.25, 0.3) is 0 Å². The lowest BCUT2D eigenvalue weighted by molar-refractivity contribution is -0.0888.